The molecule has 0 aliphatic carbocycles. The van der Waals surface area contributed by atoms with Crippen LogP contribution in [0.25, 0.3) is 10.4 Å². The Morgan fingerprint density at radius 3 is 2.68 bits per heavy atom. The number of anilines is 1. The topological polar surface area (TPSA) is 117 Å². The summed E-state index contributed by atoms with van der Waals surface area (Å²) in [6, 6.07) is -0.828. The maximum absolute atomic E-state index is 13.5. The number of aliphatic hydroxyl groups excluding tert-OH is 1. The lowest BCUT2D eigenvalue weighted by atomic mass is 10.1. The van der Waals surface area contributed by atoms with Crippen molar-refractivity contribution in [3.63, 3.8) is 0 Å². The molecule has 2 aliphatic heterocycles. The molecule has 4 rings (SSSR count). The Kier molecular flexibility index (Phi) is 8.05. The second-order valence-corrected chi connectivity index (χ2v) is 10.4. The van der Waals surface area contributed by atoms with E-state index >= 15 is 0 Å². The largest absolute Gasteiger partial charge is 0.408 e. The summed E-state index contributed by atoms with van der Waals surface area (Å²) in [4.78, 5) is 37.1. The van der Waals surface area contributed by atoms with Gasteiger partial charge in [0.15, 0.2) is 5.01 Å². The number of halogens is 3. The highest BCUT2D eigenvalue weighted by Crippen LogP contribution is 2.35. The van der Waals surface area contributed by atoms with Gasteiger partial charge in [-0.1, -0.05) is 6.92 Å². The van der Waals surface area contributed by atoms with Crippen LogP contribution in [0.1, 0.15) is 59.0 Å². The smallest absolute Gasteiger partial charge is 0.388 e. The number of pyridine rings is 1. The minimum atomic E-state index is -4.42. The molecule has 4 heterocycles. The van der Waals surface area contributed by atoms with E-state index in [9.17, 15) is 27.9 Å². The Morgan fingerprint density at radius 1 is 1.35 bits per heavy atom. The molecule has 2 fully saturated rings. The van der Waals surface area contributed by atoms with E-state index in [0.29, 0.717) is 22.5 Å². The van der Waals surface area contributed by atoms with Gasteiger partial charge in [-0.3, -0.25) is 9.59 Å². The molecule has 0 aromatic carbocycles. The first kappa shape index (κ1) is 27.3. The highest BCUT2D eigenvalue weighted by atomic mass is 32.1. The van der Waals surface area contributed by atoms with Gasteiger partial charge in [0.2, 0.25) is 0 Å². The molecule has 2 saturated heterocycles. The number of ether oxygens (including phenoxy) is 1. The van der Waals surface area contributed by atoms with Gasteiger partial charge in [0.05, 0.1) is 30.2 Å². The summed E-state index contributed by atoms with van der Waals surface area (Å²) in [5.74, 6) is -0.803. The minimum Gasteiger partial charge on any atom is -0.388 e. The summed E-state index contributed by atoms with van der Waals surface area (Å²) in [6.45, 7) is 5.93. The number of thiazole rings is 1. The van der Waals surface area contributed by atoms with Crippen molar-refractivity contribution in [3.8, 4) is 10.4 Å². The lowest BCUT2D eigenvalue weighted by Gasteiger charge is -2.22. The van der Waals surface area contributed by atoms with Crippen LogP contribution in [0.15, 0.2) is 12.3 Å². The molecule has 2 aromatic heterocycles. The number of carbonyl (C=O) groups is 2. The Hall–Kier alpha value is -2.77. The molecule has 37 heavy (non-hydrogen) atoms. The highest BCUT2D eigenvalue weighted by Gasteiger charge is 2.39. The standard InChI is InChI=1S/C24H30F3N5O4S/c1-4-17(24(25,26)27)30-18-8-12(2)14(9-28-18)20-19(23(35)32-7-5-6-13(32)3)31-22(37-20)21(34)29-15-10-36-11-16(15)33/h8-9,13,15-17,33H,4-7,10-11H2,1-3H3,(H,28,30)(H,29,34)/t13-,15+,16+,17+/m0/s1. The van der Waals surface area contributed by atoms with Gasteiger partial charge in [0.25, 0.3) is 11.8 Å². The number of aliphatic hydroxyl groups is 1. The third-order valence-electron chi connectivity index (χ3n) is 6.69. The molecule has 3 N–H and O–H groups in total. The normalized spacial score (nSPS) is 22.8. The van der Waals surface area contributed by atoms with Gasteiger partial charge < -0.3 is 25.4 Å². The molecule has 2 aromatic rings. The highest BCUT2D eigenvalue weighted by molar-refractivity contribution is 7.17. The van der Waals surface area contributed by atoms with Crippen molar-refractivity contribution < 1.29 is 32.6 Å². The minimum absolute atomic E-state index is 0.0178. The fraction of sp³-hybridized carbons (Fsp3) is 0.583. The number of aryl methyl sites for hydroxylation is 1. The first-order valence-electron chi connectivity index (χ1n) is 12.2. The summed E-state index contributed by atoms with van der Waals surface area (Å²) in [5, 5.41) is 15.1. The average molecular weight is 542 g/mol. The van der Waals surface area contributed by atoms with Gasteiger partial charge in [0, 0.05) is 24.3 Å². The Morgan fingerprint density at radius 2 is 2.11 bits per heavy atom. The number of carbonyl (C=O) groups excluding carboxylic acids is 2. The van der Waals surface area contributed by atoms with E-state index in [2.05, 4.69) is 20.6 Å². The van der Waals surface area contributed by atoms with Gasteiger partial charge in [-0.05, 0) is 44.7 Å². The number of hydrogen-bond donors (Lipinski definition) is 3. The van der Waals surface area contributed by atoms with Crippen LogP contribution in [0.3, 0.4) is 0 Å². The molecule has 2 aliphatic rings. The zero-order chi connectivity index (χ0) is 26.9. The molecule has 0 radical (unpaired) electrons. The fourth-order valence-electron chi connectivity index (χ4n) is 4.49. The lowest BCUT2D eigenvalue weighted by Crippen LogP contribution is -2.42. The number of amides is 2. The molecule has 0 saturated carbocycles. The van der Waals surface area contributed by atoms with Crippen molar-refractivity contribution in [2.75, 3.05) is 25.1 Å². The van der Waals surface area contributed by atoms with Crippen LogP contribution in [0.5, 0.6) is 0 Å². The number of nitrogens with one attached hydrogen (secondary N) is 2. The average Bonchev–Trinajstić information content (AvgIpc) is 3.57. The first-order valence-corrected chi connectivity index (χ1v) is 13.0. The van der Waals surface area contributed by atoms with E-state index in [1.54, 1.807) is 11.8 Å². The van der Waals surface area contributed by atoms with Crippen molar-refractivity contribution in [2.45, 2.75) is 70.4 Å². The second kappa shape index (κ2) is 10.9. The molecular weight excluding hydrogens is 511 g/mol. The Balaban J connectivity index is 1.67. The number of nitrogens with zero attached hydrogens (tertiary/aromatic N) is 3. The SMILES string of the molecule is CC[C@@H](Nc1cc(C)c(-c2sc(C(=O)N[C@@H]3COC[C@H]3O)nc2C(=O)N2CCC[C@@H]2C)cn1)C(F)(F)F. The zero-order valence-corrected chi connectivity index (χ0v) is 21.6. The van der Waals surface area contributed by atoms with Crippen LogP contribution in [-0.4, -0.2) is 82.0 Å². The summed E-state index contributed by atoms with van der Waals surface area (Å²) >= 11 is 1.00. The molecule has 13 heteroatoms. The van der Waals surface area contributed by atoms with Crippen molar-refractivity contribution >= 4 is 29.0 Å². The van der Waals surface area contributed by atoms with E-state index in [4.69, 9.17) is 4.74 Å². The summed E-state index contributed by atoms with van der Waals surface area (Å²) in [5.41, 5.74) is 1.18. The predicted octanol–water partition coefficient (Wildman–Crippen LogP) is 3.38. The van der Waals surface area contributed by atoms with E-state index in [0.717, 1.165) is 24.2 Å². The number of rotatable bonds is 7. The molecule has 202 valence electrons. The van der Waals surface area contributed by atoms with Crippen LogP contribution >= 0.6 is 11.3 Å². The van der Waals surface area contributed by atoms with E-state index in [1.165, 1.54) is 19.2 Å². The zero-order valence-electron chi connectivity index (χ0n) is 20.8. The molecule has 0 spiro atoms. The number of hydrogen-bond acceptors (Lipinski definition) is 8. The molecular formula is C24H30F3N5O4S. The molecule has 0 bridgehead atoms. The van der Waals surface area contributed by atoms with E-state index in [1.807, 2.05) is 6.92 Å². The van der Waals surface area contributed by atoms with Gasteiger partial charge in [-0.2, -0.15) is 13.2 Å². The van der Waals surface area contributed by atoms with Gasteiger partial charge >= 0.3 is 6.18 Å². The monoisotopic (exact) mass is 541 g/mol. The van der Waals surface area contributed by atoms with Crippen LogP contribution in [0.4, 0.5) is 19.0 Å². The van der Waals surface area contributed by atoms with E-state index < -0.39 is 30.3 Å². The third-order valence-corrected chi connectivity index (χ3v) is 7.77. The summed E-state index contributed by atoms with van der Waals surface area (Å²) in [7, 11) is 0. The molecule has 4 atom stereocenters. The number of alkyl halides is 3. The number of likely N-dealkylation sites (tertiary alicyclic amines) is 1. The second-order valence-electron chi connectivity index (χ2n) is 9.40. The van der Waals surface area contributed by atoms with Crippen molar-refractivity contribution in [1.29, 1.82) is 0 Å². The first-order chi connectivity index (χ1) is 17.5. The van der Waals surface area contributed by atoms with E-state index in [-0.39, 0.29) is 48.1 Å². The number of aromatic nitrogens is 2. The molecule has 9 nitrogen and oxygen atoms in total. The maximum atomic E-state index is 13.5. The Bertz CT molecular complexity index is 1160. The quantitative estimate of drug-likeness (QED) is 0.492. The van der Waals surface area contributed by atoms with Gasteiger partial charge in [0.1, 0.15) is 17.6 Å². The maximum Gasteiger partial charge on any atom is 0.408 e. The molecule has 0 unspecified atom stereocenters. The van der Waals surface area contributed by atoms with Crippen LogP contribution in [-0.2, 0) is 4.74 Å². The van der Waals surface area contributed by atoms with Gasteiger partial charge in [-0.25, -0.2) is 9.97 Å². The van der Waals surface area contributed by atoms with Crippen LogP contribution < -0.4 is 10.6 Å². The fourth-order valence-corrected chi connectivity index (χ4v) is 5.53. The van der Waals surface area contributed by atoms with Crippen molar-refractivity contribution in [1.82, 2.24) is 20.2 Å². The van der Waals surface area contributed by atoms with Gasteiger partial charge in [-0.15, -0.1) is 11.3 Å². The predicted molar refractivity (Wildman–Crippen MR) is 132 cm³/mol. The van der Waals surface area contributed by atoms with Crippen LogP contribution in [0.2, 0.25) is 0 Å². The summed E-state index contributed by atoms with van der Waals surface area (Å²) < 4.78 is 44.8. The van der Waals surface area contributed by atoms with Crippen LogP contribution in [0, 0.1) is 6.92 Å². The third kappa shape index (κ3) is 5.88. The molecule has 2 amide bonds. The Labute approximate surface area is 216 Å². The lowest BCUT2D eigenvalue weighted by molar-refractivity contribution is -0.142. The summed E-state index contributed by atoms with van der Waals surface area (Å²) in [6.07, 6.45) is -2.31. The van der Waals surface area contributed by atoms with Crippen molar-refractivity contribution in [3.05, 3.63) is 28.5 Å². The van der Waals surface area contributed by atoms with Crippen molar-refractivity contribution in [2.24, 2.45) is 0 Å².